The lowest BCUT2D eigenvalue weighted by atomic mass is 10.00. The van der Waals surface area contributed by atoms with Crippen LogP contribution in [-0.2, 0) is 6.54 Å². The van der Waals surface area contributed by atoms with Crippen molar-refractivity contribution in [3.63, 3.8) is 0 Å². The Bertz CT molecular complexity index is 826. The maximum atomic E-state index is 14.4. The van der Waals surface area contributed by atoms with Crippen LogP contribution in [0.2, 0.25) is 5.02 Å². The molecule has 138 valence electrons. The quantitative estimate of drug-likeness (QED) is 0.841. The van der Waals surface area contributed by atoms with Crippen molar-refractivity contribution in [3.8, 4) is 28.4 Å². The van der Waals surface area contributed by atoms with Gasteiger partial charge in [0.2, 0.25) is 0 Å². The first-order valence-corrected chi connectivity index (χ1v) is 8.92. The molecule has 0 radical (unpaired) electrons. The van der Waals surface area contributed by atoms with Crippen molar-refractivity contribution in [2.45, 2.75) is 12.6 Å². The Labute approximate surface area is 156 Å². The molecule has 2 aromatic carbocycles. The van der Waals surface area contributed by atoms with E-state index in [0.717, 1.165) is 25.2 Å². The number of phenols is 1. The maximum absolute atomic E-state index is 14.4. The second-order valence-electron chi connectivity index (χ2n) is 6.52. The molecule has 2 aliphatic heterocycles. The number of rotatable bonds is 2. The van der Waals surface area contributed by atoms with Gasteiger partial charge in [0.05, 0.1) is 29.3 Å². The van der Waals surface area contributed by atoms with Gasteiger partial charge < -0.3 is 19.9 Å². The van der Waals surface area contributed by atoms with Crippen LogP contribution in [-0.4, -0.2) is 49.4 Å². The van der Waals surface area contributed by atoms with Crippen LogP contribution in [0.1, 0.15) is 5.56 Å². The van der Waals surface area contributed by atoms with E-state index in [-0.39, 0.29) is 22.4 Å². The molecule has 0 aliphatic carbocycles. The van der Waals surface area contributed by atoms with Gasteiger partial charge in [0.25, 0.3) is 0 Å². The number of hydrogen-bond acceptors (Lipinski definition) is 5. The smallest absolute Gasteiger partial charge is 0.146 e. The highest BCUT2D eigenvalue weighted by Gasteiger charge is 2.31. The molecule has 1 atom stereocenters. The minimum atomic E-state index is -0.552. The van der Waals surface area contributed by atoms with E-state index >= 15 is 0 Å². The van der Waals surface area contributed by atoms with Crippen molar-refractivity contribution in [2.75, 3.05) is 33.4 Å². The lowest BCUT2D eigenvalue weighted by Gasteiger charge is -2.33. The van der Waals surface area contributed by atoms with Gasteiger partial charge in [-0.25, -0.2) is 4.39 Å². The third-order valence-electron chi connectivity index (χ3n) is 5.02. The van der Waals surface area contributed by atoms with Gasteiger partial charge >= 0.3 is 0 Å². The van der Waals surface area contributed by atoms with Crippen LogP contribution in [0, 0.1) is 5.82 Å². The van der Waals surface area contributed by atoms with Crippen LogP contribution in [0.25, 0.3) is 11.1 Å². The molecule has 2 heterocycles. The third kappa shape index (κ3) is 2.88. The second-order valence-corrected chi connectivity index (χ2v) is 6.90. The van der Waals surface area contributed by atoms with Gasteiger partial charge in [0.15, 0.2) is 0 Å². The highest BCUT2D eigenvalue weighted by Crippen LogP contribution is 2.47. The molecule has 2 aromatic rings. The number of ether oxygens (including phenoxy) is 2. The van der Waals surface area contributed by atoms with E-state index in [2.05, 4.69) is 10.2 Å². The number of piperazine rings is 1. The zero-order chi connectivity index (χ0) is 18.3. The lowest BCUT2D eigenvalue weighted by Crippen LogP contribution is -2.52. The molecule has 7 heteroatoms. The highest BCUT2D eigenvalue weighted by molar-refractivity contribution is 6.35. The molecule has 2 aliphatic rings. The SMILES string of the molecule is COc1cc(-c2c(O)cccc2F)c(Cl)c2c1CN1CCNC[C@@H]1CO2. The molecule has 0 amide bonds. The van der Waals surface area contributed by atoms with Crippen molar-refractivity contribution >= 4 is 11.6 Å². The number of aromatic hydroxyl groups is 1. The summed E-state index contributed by atoms with van der Waals surface area (Å²) in [7, 11) is 1.56. The van der Waals surface area contributed by atoms with Crippen molar-refractivity contribution < 1.29 is 19.0 Å². The average molecular weight is 379 g/mol. The standard InChI is InChI=1S/C19H20ClFN2O3/c1-25-16-7-12(17-14(21)3-2-4-15(17)24)18(20)19-13(16)9-23-6-5-22-8-11(23)10-26-19/h2-4,7,11,22,24H,5-6,8-10H2,1H3/t11-/m1/s1. The first-order valence-electron chi connectivity index (χ1n) is 8.55. The number of phenolic OH excluding ortho intramolecular Hbond substituents is 1. The van der Waals surface area contributed by atoms with Crippen molar-refractivity contribution in [3.05, 3.63) is 40.7 Å². The van der Waals surface area contributed by atoms with Crippen LogP contribution in [0.4, 0.5) is 4.39 Å². The van der Waals surface area contributed by atoms with Crippen molar-refractivity contribution in [1.29, 1.82) is 0 Å². The predicted octanol–water partition coefficient (Wildman–Crippen LogP) is 3.03. The minimum Gasteiger partial charge on any atom is -0.507 e. The molecule has 1 saturated heterocycles. The Kier molecular flexibility index (Phi) is 4.65. The number of hydrogen-bond donors (Lipinski definition) is 2. The van der Waals surface area contributed by atoms with Crippen LogP contribution in [0.5, 0.6) is 17.2 Å². The molecule has 0 bridgehead atoms. The monoisotopic (exact) mass is 378 g/mol. The molecule has 4 rings (SSSR count). The maximum Gasteiger partial charge on any atom is 0.146 e. The Balaban J connectivity index is 1.87. The Morgan fingerprint density at radius 1 is 1.42 bits per heavy atom. The van der Waals surface area contributed by atoms with Gasteiger partial charge in [-0.2, -0.15) is 0 Å². The predicted molar refractivity (Wildman–Crippen MR) is 97.6 cm³/mol. The van der Waals surface area contributed by atoms with Crippen molar-refractivity contribution in [1.82, 2.24) is 10.2 Å². The molecule has 0 saturated carbocycles. The van der Waals surface area contributed by atoms with Crippen molar-refractivity contribution in [2.24, 2.45) is 0 Å². The molecule has 0 spiro atoms. The number of halogens is 2. The van der Waals surface area contributed by atoms with E-state index in [9.17, 15) is 9.50 Å². The number of nitrogens with zero attached hydrogens (tertiary/aromatic N) is 1. The summed E-state index contributed by atoms with van der Waals surface area (Å²) in [6, 6.07) is 6.08. The van der Waals surface area contributed by atoms with E-state index < -0.39 is 5.82 Å². The van der Waals surface area contributed by atoms with Crippen LogP contribution >= 0.6 is 11.6 Å². The first-order chi connectivity index (χ1) is 12.6. The molecule has 26 heavy (non-hydrogen) atoms. The molecule has 0 aromatic heterocycles. The molecule has 5 nitrogen and oxygen atoms in total. The van der Waals surface area contributed by atoms with Crippen LogP contribution < -0.4 is 14.8 Å². The highest BCUT2D eigenvalue weighted by atomic mass is 35.5. The Morgan fingerprint density at radius 3 is 3.04 bits per heavy atom. The van der Waals surface area contributed by atoms with E-state index in [1.165, 1.54) is 18.2 Å². The van der Waals surface area contributed by atoms with Gasteiger partial charge in [-0.05, 0) is 18.2 Å². The average Bonchev–Trinajstić information content (AvgIpc) is 2.83. The summed E-state index contributed by atoms with van der Waals surface area (Å²) in [5.41, 5.74) is 1.25. The fourth-order valence-corrected chi connectivity index (χ4v) is 3.97. The molecular formula is C19H20ClFN2O3. The molecule has 1 fully saturated rings. The zero-order valence-corrected chi connectivity index (χ0v) is 15.1. The Morgan fingerprint density at radius 2 is 2.27 bits per heavy atom. The molecule has 2 N–H and O–H groups in total. The minimum absolute atomic E-state index is 0.0471. The van der Waals surface area contributed by atoms with Gasteiger partial charge in [-0.3, -0.25) is 4.90 Å². The third-order valence-corrected chi connectivity index (χ3v) is 5.39. The van der Waals surface area contributed by atoms with Crippen LogP contribution in [0.3, 0.4) is 0 Å². The van der Waals surface area contributed by atoms with E-state index in [1.54, 1.807) is 13.2 Å². The zero-order valence-electron chi connectivity index (χ0n) is 14.4. The van der Waals surface area contributed by atoms with Crippen LogP contribution in [0.15, 0.2) is 24.3 Å². The fraction of sp³-hybridized carbons (Fsp3) is 0.368. The fourth-order valence-electron chi connectivity index (χ4n) is 3.65. The Hall–Kier alpha value is -2.02. The van der Waals surface area contributed by atoms with Gasteiger partial charge in [0.1, 0.15) is 29.7 Å². The van der Waals surface area contributed by atoms with Gasteiger partial charge in [0, 0.05) is 31.7 Å². The molecular weight excluding hydrogens is 359 g/mol. The van der Waals surface area contributed by atoms with Gasteiger partial charge in [-0.1, -0.05) is 17.7 Å². The largest absolute Gasteiger partial charge is 0.507 e. The molecule has 0 unspecified atom stereocenters. The number of methoxy groups -OCH3 is 1. The first kappa shape index (κ1) is 17.4. The topological polar surface area (TPSA) is 54.0 Å². The van der Waals surface area contributed by atoms with E-state index in [4.69, 9.17) is 21.1 Å². The number of benzene rings is 2. The summed E-state index contributed by atoms with van der Waals surface area (Å²) in [6.07, 6.45) is 0. The summed E-state index contributed by atoms with van der Waals surface area (Å²) in [6.45, 7) is 3.80. The summed E-state index contributed by atoms with van der Waals surface area (Å²) in [5, 5.41) is 13.8. The van der Waals surface area contributed by atoms with Gasteiger partial charge in [-0.15, -0.1) is 0 Å². The summed E-state index contributed by atoms with van der Waals surface area (Å²) in [4.78, 5) is 2.33. The second kappa shape index (κ2) is 6.95. The van der Waals surface area contributed by atoms with E-state index in [0.29, 0.717) is 30.2 Å². The number of fused-ring (bicyclic) bond motifs is 2. The summed E-state index contributed by atoms with van der Waals surface area (Å²) in [5.74, 6) is 0.340. The normalized spacial score (nSPS) is 19.9. The lowest BCUT2D eigenvalue weighted by molar-refractivity contribution is 0.120. The summed E-state index contributed by atoms with van der Waals surface area (Å²) >= 11 is 6.61. The van der Waals surface area contributed by atoms with E-state index in [1.807, 2.05) is 0 Å². The number of nitrogens with one attached hydrogen (secondary N) is 1. The summed E-state index contributed by atoms with van der Waals surface area (Å²) < 4.78 is 26.0.